The molecule has 0 aliphatic carbocycles. The van der Waals surface area contributed by atoms with Gasteiger partial charge in [0, 0.05) is 17.6 Å². The summed E-state index contributed by atoms with van der Waals surface area (Å²) < 4.78 is 28.8. The molecule has 0 heterocycles. The third-order valence-corrected chi connectivity index (χ3v) is 8.29. The molecule has 2 amide bonds. The van der Waals surface area contributed by atoms with Crippen molar-refractivity contribution < 1.29 is 18.0 Å². The molecular formula is C30H36ClN3O4S. The summed E-state index contributed by atoms with van der Waals surface area (Å²) in [4.78, 5) is 28.7. The molecule has 7 nitrogen and oxygen atoms in total. The number of anilines is 1. The van der Waals surface area contributed by atoms with Gasteiger partial charge in [0.05, 0.1) is 10.6 Å². The average molecular weight is 570 g/mol. The Morgan fingerprint density at radius 2 is 1.56 bits per heavy atom. The van der Waals surface area contributed by atoms with Crippen LogP contribution in [0.5, 0.6) is 0 Å². The van der Waals surface area contributed by atoms with Gasteiger partial charge >= 0.3 is 0 Å². The predicted molar refractivity (Wildman–Crippen MR) is 156 cm³/mol. The Morgan fingerprint density at radius 3 is 2.13 bits per heavy atom. The maximum absolute atomic E-state index is 14.0. The monoisotopic (exact) mass is 569 g/mol. The molecule has 39 heavy (non-hydrogen) atoms. The lowest BCUT2D eigenvalue weighted by Crippen LogP contribution is -2.53. The number of hydrogen-bond acceptors (Lipinski definition) is 4. The quantitative estimate of drug-likeness (QED) is 0.331. The van der Waals surface area contributed by atoms with Crippen LogP contribution in [0.2, 0.25) is 5.02 Å². The molecular weight excluding hydrogens is 534 g/mol. The van der Waals surface area contributed by atoms with Crippen LogP contribution in [0.3, 0.4) is 0 Å². The van der Waals surface area contributed by atoms with Crippen LogP contribution in [-0.2, 0) is 26.2 Å². The molecule has 3 rings (SSSR count). The summed E-state index contributed by atoms with van der Waals surface area (Å²) in [5.41, 5.74) is 3.07. The first-order valence-corrected chi connectivity index (χ1v) is 14.7. The summed E-state index contributed by atoms with van der Waals surface area (Å²) in [7, 11) is -4.12. The van der Waals surface area contributed by atoms with E-state index in [-0.39, 0.29) is 23.4 Å². The summed E-state index contributed by atoms with van der Waals surface area (Å²) in [6, 6.07) is 19.5. The van der Waals surface area contributed by atoms with Gasteiger partial charge in [-0.15, -0.1) is 0 Å². The van der Waals surface area contributed by atoms with Crippen LogP contribution in [0.15, 0.2) is 77.7 Å². The molecule has 0 aliphatic heterocycles. The van der Waals surface area contributed by atoms with Crippen molar-refractivity contribution in [3.05, 3.63) is 94.5 Å². The van der Waals surface area contributed by atoms with Crippen molar-refractivity contribution in [1.82, 2.24) is 10.2 Å². The van der Waals surface area contributed by atoms with Crippen LogP contribution < -0.4 is 9.62 Å². The lowest BCUT2D eigenvalue weighted by Gasteiger charge is -2.33. The molecule has 9 heteroatoms. The minimum atomic E-state index is -4.12. The number of hydrogen-bond donors (Lipinski definition) is 1. The third kappa shape index (κ3) is 7.83. The average Bonchev–Trinajstić information content (AvgIpc) is 2.87. The molecule has 0 saturated carbocycles. The number of rotatable bonds is 11. The molecule has 0 aliphatic rings. The van der Waals surface area contributed by atoms with Crippen LogP contribution in [0.25, 0.3) is 0 Å². The van der Waals surface area contributed by atoms with Crippen molar-refractivity contribution in [3.8, 4) is 0 Å². The molecule has 3 aromatic carbocycles. The number of nitrogens with zero attached hydrogens (tertiary/aromatic N) is 2. The molecule has 0 aromatic heterocycles. The number of aryl methyl sites for hydroxylation is 2. The first kappa shape index (κ1) is 30.2. The highest BCUT2D eigenvalue weighted by molar-refractivity contribution is 7.92. The van der Waals surface area contributed by atoms with Crippen LogP contribution >= 0.6 is 11.6 Å². The molecule has 0 spiro atoms. The summed E-state index contributed by atoms with van der Waals surface area (Å²) in [6.45, 7) is 9.03. The van der Waals surface area contributed by atoms with E-state index in [9.17, 15) is 18.0 Å². The summed E-state index contributed by atoms with van der Waals surface area (Å²) >= 11 is 6.07. The lowest BCUT2D eigenvalue weighted by molar-refractivity contribution is -0.140. The molecule has 1 N–H and O–H groups in total. The second-order valence-corrected chi connectivity index (χ2v) is 12.2. The van der Waals surface area contributed by atoms with E-state index in [1.807, 2.05) is 58.9 Å². The fourth-order valence-corrected chi connectivity index (χ4v) is 5.82. The number of sulfonamides is 1. The fraction of sp³-hybridized carbons (Fsp3) is 0.333. The van der Waals surface area contributed by atoms with E-state index in [0.717, 1.165) is 21.0 Å². The summed E-state index contributed by atoms with van der Waals surface area (Å²) in [5, 5.41) is 3.34. The molecule has 0 radical (unpaired) electrons. The van der Waals surface area contributed by atoms with Crippen molar-refractivity contribution >= 4 is 39.1 Å². The zero-order valence-corrected chi connectivity index (χ0v) is 24.6. The minimum Gasteiger partial charge on any atom is -0.352 e. The first-order valence-electron chi connectivity index (χ1n) is 12.9. The molecule has 0 saturated heterocycles. The second kappa shape index (κ2) is 13.1. The van der Waals surface area contributed by atoms with Crippen molar-refractivity contribution in [2.75, 3.05) is 10.8 Å². The molecule has 0 bridgehead atoms. The van der Waals surface area contributed by atoms with Crippen molar-refractivity contribution in [1.29, 1.82) is 0 Å². The smallest absolute Gasteiger partial charge is 0.264 e. The van der Waals surface area contributed by atoms with Gasteiger partial charge in [-0.1, -0.05) is 66.0 Å². The molecule has 0 fully saturated rings. The maximum atomic E-state index is 14.0. The Morgan fingerprint density at radius 1 is 0.923 bits per heavy atom. The van der Waals surface area contributed by atoms with Gasteiger partial charge in [0.15, 0.2) is 0 Å². The van der Waals surface area contributed by atoms with Gasteiger partial charge in [0.1, 0.15) is 12.6 Å². The number of carbonyl (C=O) groups is 2. The number of amides is 2. The summed E-state index contributed by atoms with van der Waals surface area (Å²) in [5.74, 6) is -0.777. The Kier molecular flexibility index (Phi) is 10.2. The minimum absolute atomic E-state index is 0.0608. The normalized spacial score (nSPS) is 12.2. The Hall–Kier alpha value is -3.36. The number of nitrogens with one attached hydrogen (secondary N) is 1. The predicted octanol–water partition coefficient (Wildman–Crippen LogP) is 5.48. The van der Waals surface area contributed by atoms with Gasteiger partial charge in [-0.25, -0.2) is 8.42 Å². The van der Waals surface area contributed by atoms with E-state index >= 15 is 0 Å². The zero-order valence-electron chi connectivity index (χ0n) is 23.0. The van der Waals surface area contributed by atoms with Crippen LogP contribution in [0.4, 0.5) is 5.69 Å². The Bertz CT molecular complexity index is 1390. The van der Waals surface area contributed by atoms with E-state index in [2.05, 4.69) is 5.32 Å². The molecule has 3 aromatic rings. The maximum Gasteiger partial charge on any atom is 0.264 e. The van der Waals surface area contributed by atoms with Crippen molar-refractivity contribution in [3.63, 3.8) is 0 Å². The third-order valence-electron chi connectivity index (χ3n) is 6.25. The van der Waals surface area contributed by atoms with Crippen molar-refractivity contribution in [2.45, 2.75) is 64.6 Å². The molecule has 208 valence electrons. The van der Waals surface area contributed by atoms with Gasteiger partial charge < -0.3 is 10.2 Å². The van der Waals surface area contributed by atoms with Crippen LogP contribution in [0.1, 0.15) is 43.9 Å². The lowest BCUT2D eigenvalue weighted by atomic mass is 10.1. The van der Waals surface area contributed by atoms with E-state index in [0.29, 0.717) is 17.1 Å². The van der Waals surface area contributed by atoms with E-state index in [4.69, 9.17) is 11.6 Å². The summed E-state index contributed by atoms with van der Waals surface area (Å²) in [6.07, 6.45) is 0.363. The van der Waals surface area contributed by atoms with Gasteiger partial charge in [0.25, 0.3) is 10.0 Å². The molecule has 1 unspecified atom stereocenters. The highest BCUT2D eigenvalue weighted by Gasteiger charge is 2.33. The van der Waals surface area contributed by atoms with E-state index in [1.54, 1.807) is 36.4 Å². The Balaban J connectivity index is 2.06. The van der Waals surface area contributed by atoms with Crippen molar-refractivity contribution in [2.24, 2.45) is 0 Å². The highest BCUT2D eigenvalue weighted by Crippen LogP contribution is 2.26. The topological polar surface area (TPSA) is 86.8 Å². The van der Waals surface area contributed by atoms with Gasteiger partial charge in [-0.2, -0.15) is 0 Å². The van der Waals surface area contributed by atoms with Gasteiger partial charge in [-0.05, 0) is 76.1 Å². The highest BCUT2D eigenvalue weighted by atomic mass is 35.5. The number of benzene rings is 3. The van der Waals surface area contributed by atoms with E-state index < -0.39 is 28.5 Å². The second-order valence-electron chi connectivity index (χ2n) is 9.90. The van der Waals surface area contributed by atoms with Gasteiger partial charge in [0.2, 0.25) is 11.8 Å². The van der Waals surface area contributed by atoms with E-state index in [1.165, 1.54) is 17.0 Å². The zero-order chi connectivity index (χ0) is 28.7. The first-order chi connectivity index (χ1) is 18.4. The largest absolute Gasteiger partial charge is 0.352 e. The number of halogens is 1. The van der Waals surface area contributed by atoms with Gasteiger partial charge in [-0.3, -0.25) is 13.9 Å². The standard InChI is InChI=1S/C30H36ClN3O4S/c1-6-28(30(36)32-21(2)3)33(19-24-9-7-8-23(5)18-24)29(35)20-34(26-14-12-25(31)13-15-26)39(37,38)27-16-10-22(4)11-17-27/h7-18,21,28H,6,19-20H2,1-5H3,(H,32,36). The SMILES string of the molecule is CCC(C(=O)NC(C)C)N(Cc1cccc(C)c1)C(=O)CN(c1ccc(Cl)cc1)S(=O)(=O)c1ccc(C)cc1. The van der Waals surface area contributed by atoms with Crippen LogP contribution in [0, 0.1) is 13.8 Å². The number of carbonyl (C=O) groups excluding carboxylic acids is 2. The Labute approximate surface area is 236 Å². The fourth-order valence-electron chi connectivity index (χ4n) is 4.28. The molecule has 1 atom stereocenters. The van der Waals surface area contributed by atoms with Crippen LogP contribution in [-0.4, -0.2) is 43.8 Å².